The first-order valence-electron chi connectivity index (χ1n) is 9.89. The molecule has 1 aliphatic carbocycles. The Bertz CT molecular complexity index is 752. The Balaban J connectivity index is 1.45. The van der Waals surface area contributed by atoms with Crippen LogP contribution in [0, 0.1) is 5.41 Å². The summed E-state index contributed by atoms with van der Waals surface area (Å²) in [5.74, 6) is 1.06. The monoisotopic (exact) mass is 350 g/mol. The second-order valence-corrected chi connectivity index (χ2v) is 8.46. The van der Waals surface area contributed by atoms with Gasteiger partial charge in [0, 0.05) is 37.4 Å². The van der Waals surface area contributed by atoms with Gasteiger partial charge in [-0.1, -0.05) is 38.1 Å². The van der Waals surface area contributed by atoms with Crippen LogP contribution in [0.15, 0.2) is 53.2 Å². The second kappa shape index (κ2) is 7.32. The van der Waals surface area contributed by atoms with E-state index in [4.69, 9.17) is 4.42 Å². The molecule has 1 aromatic heterocycles. The molecule has 0 radical (unpaired) electrons. The van der Waals surface area contributed by atoms with E-state index < -0.39 is 0 Å². The maximum absolute atomic E-state index is 5.50. The number of piperazine rings is 1. The lowest BCUT2D eigenvalue weighted by Crippen LogP contribution is -2.46. The number of furan rings is 1. The predicted molar refractivity (Wildman–Crippen MR) is 108 cm³/mol. The third kappa shape index (κ3) is 3.88. The van der Waals surface area contributed by atoms with Gasteiger partial charge in [0.15, 0.2) is 0 Å². The molecule has 2 aromatic rings. The van der Waals surface area contributed by atoms with Crippen LogP contribution in [0.2, 0.25) is 0 Å². The summed E-state index contributed by atoms with van der Waals surface area (Å²) in [5.41, 5.74) is 4.85. The van der Waals surface area contributed by atoms with Crippen molar-refractivity contribution in [3.05, 3.63) is 60.1 Å². The van der Waals surface area contributed by atoms with Crippen molar-refractivity contribution in [1.82, 2.24) is 4.90 Å². The minimum atomic E-state index is 0.454. The Hall–Kier alpha value is -2.00. The summed E-state index contributed by atoms with van der Waals surface area (Å²) in [6.45, 7) is 10.0. The number of anilines is 1. The van der Waals surface area contributed by atoms with Gasteiger partial charge < -0.3 is 9.32 Å². The number of nitrogens with zero attached hydrogens (tertiary/aromatic N) is 2. The Morgan fingerprint density at radius 1 is 1.00 bits per heavy atom. The van der Waals surface area contributed by atoms with Crippen LogP contribution >= 0.6 is 0 Å². The molecule has 0 atom stereocenters. The highest BCUT2D eigenvalue weighted by Crippen LogP contribution is 2.40. The third-order valence-electron chi connectivity index (χ3n) is 5.89. The summed E-state index contributed by atoms with van der Waals surface area (Å²) < 4.78 is 5.50. The molecule has 3 nitrogen and oxygen atoms in total. The second-order valence-electron chi connectivity index (χ2n) is 8.46. The molecule has 4 rings (SSSR count). The highest BCUT2D eigenvalue weighted by molar-refractivity contribution is 5.77. The molecule has 1 aliphatic heterocycles. The van der Waals surface area contributed by atoms with Crippen molar-refractivity contribution in [2.24, 2.45) is 5.41 Å². The van der Waals surface area contributed by atoms with E-state index in [9.17, 15) is 0 Å². The van der Waals surface area contributed by atoms with Gasteiger partial charge in [0.2, 0.25) is 0 Å². The molecule has 1 aromatic carbocycles. The van der Waals surface area contributed by atoms with Gasteiger partial charge in [-0.15, -0.1) is 0 Å². The van der Waals surface area contributed by atoms with Gasteiger partial charge in [0.25, 0.3) is 0 Å². The van der Waals surface area contributed by atoms with Crippen LogP contribution in [0.3, 0.4) is 0 Å². The van der Waals surface area contributed by atoms with Gasteiger partial charge in [-0.3, -0.25) is 4.90 Å². The van der Waals surface area contributed by atoms with Crippen molar-refractivity contribution >= 4 is 11.3 Å². The Morgan fingerprint density at radius 3 is 2.50 bits per heavy atom. The smallest absolute Gasteiger partial charge is 0.117 e. The van der Waals surface area contributed by atoms with Gasteiger partial charge in [0.1, 0.15) is 5.76 Å². The maximum Gasteiger partial charge on any atom is 0.117 e. The minimum absolute atomic E-state index is 0.454. The number of hydrogen-bond donors (Lipinski definition) is 0. The first kappa shape index (κ1) is 17.4. The van der Waals surface area contributed by atoms with Gasteiger partial charge in [-0.05, 0) is 48.4 Å². The van der Waals surface area contributed by atoms with Crippen molar-refractivity contribution in [2.75, 3.05) is 31.1 Å². The van der Waals surface area contributed by atoms with Crippen LogP contribution in [0.4, 0.5) is 5.69 Å². The van der Waals surface area contributed by atoms with Crippen LogP contribution in [0.1, 0.15) is 44.4 Å². The van der Waals surface area contributed by atoms with E-state index in [-0.39, 0.29) is 0 Å². The zero-order chi connectivity index (χ0) is 18.0. The van der Waals surface area contributed by atoms with E-state index in [1.165, 1.54) is 36.1 Å². The first-order chi connectivity index (χ1) is 12.6. The molecular formula is C23H30N2O. The normalized spacial score (nSPS) is 20.8. The van der Waals surface area contributed by atoms with Gasteiger partial charge in [-0.25, -0.2) is 0 Å². The Kier molecular flexibility index (Phi) is 4.90. The maximum atomic E-state index is 5.50. The molecule has 1 saturated heterocycles. The fourth-order valence-electron chi connectivity index (χ4n) is 4.11. The summed E-state index contributed by atoms with van der Waals surface area (Å²) in [6, 6.07) is 13.0. The molecule has 0 saturated carbocycles. The standard InChI is InChI=1S/C23H30N2O/c1-23(2)11-9-19(10-12-23)21-7-3-4-8-22(21)25-15-13-24(14-16-25)18-20-6-5-17-26-20/h3-9,17H,10-16,18H2,1-2H3. The predicted octanol–water partition coefficient (Wildman–Crippen LogP) is 5.20. The van der Waals surface area contributed by atoms with E-state index >= 15 is 0 Å². The van der Waals surface area contributed by atoms with E-state index in [0.717, 1.165) is 38.5 Å². The van der Waals surface area contributed by atoms with Crippen molar-refractivity contribution in [3.8, 4) is 0 Å². The lowest BCUT2D eigenvalue weighted by atomic mass is 9.77. The number of rotatable bonds is 4. The van der Waals surface area contributed by atoms with Crippen LogP contribution in [-0.2, 0) is 6.54 Å². The van der Waals surface area contributed by atoms with Gasteiger partial charge in [-0.2, -0.15) is 0 Å². The molecule has 2 heterocycles. The zero-order valence-electron chi connectivity index (χ0n) is 16.1. The van der Waals surface area contributed by atoms with E-state index in [2.05, 4.69) is 60.1 Å². The Labute approximate surface area is 157 Å². The minimum Gasteiger partial charge on any atom is -0.468 e. The summed E-state index contributed by atoms with van der Waals surface area (Å²) in [4.78, 5) is 5.05. The summed E-state index contributed by atoms with van der Waals surface area (Å²) in [6.07, 6.45) is 7.91. The molecule has 0 spiro atoms. The van der Waals surface area contributed by atoms with Crippen molar-refractivity contribution < 1.29 is 4.42 Å². The molecular weight excluding hydrogens is 320 g/mol. The molecule has 0 amide bonds. The van der Waals surface area contributed by atoms with Gasteiger partial charge in [0.05, 0.1) is 12.8 Å². The summed E-state index contributed by atoms with van der Waals surface area (Å²) in [7, 11) is 0. The molecule has 0 N–H and O–H groups in total. The van der Waals surface area contributed by atoms with Crippen molar-refractivity contribution in [1.29, 1.82) is 0 Å². The molecule has 1 fully saturated rings. The number of benzene rings is 1. The van der Waals surface area contributed by atoms with Crippen LogP contribution in [-0.4, -0.2) is 31.1 Å². The highest BCUT2D eigenvalue weighted by Gasteiger charge is 2.25. The van der Waals surface area contributed by atoms with Crippen LogP contribution in [0.25, 0.3) is 5.57 Å². The van der Waals surface area contributed by atoms with Crippen molar-refractivity contribution in [2.45, 2.75) is 39.7 Å². The van der Waals surface area contributed by atoms with Crippen LogP contribution in [0.5, 0.6) is 0 Å². The fraction of sp³-hybridized carbons (Fsp3) is 0.478. The van der Waals surface area contributed by atoms with Crippen molar-refractivity contribution in [3.63, 3.8) is 0 Å². The number of hydrogen-bond acceptors (Lipinski definition) is 3. The molecule has 138 valence electrons. The summed E-state index contributed by atoms with van der Waals surface area (Å²) >= 11 is 0. The number of allylic oxidation sites excluding steroid dienone is 2. The lowest BCUT2D eigenvalue weighted by molar-refractivity contribution is 0.230. The first-order valence-corrected chi connectivity index (χ1v) is 9.89. The molecule has 2 aliphatic rings. The third-order valence-corrected chi connectivity index (χ3v) is 5.89. The lowest BCUT2D eigenvalue weighted by Gasteiger charge is -2.37. The quantitative estimate of drug-likeness (QED) is 0.756. The average Bonchev–Trinajstić information content (AvgIpc) is 3.16. The highest BCUT2D eigenvalue weighted by atomic mass is 16.3. The molecule has 3 heteroatoms. The largest absolute Gasteiger partial charge is 0.468 e. The average molecular weight is 351 g/mol. The van der Waals surface area contributed by atoms with E-state index in [0.29, 0.717) is 5.41 Å². The molecule has 0 bridgehead atoms. The van der Waals surface area contributed by atoms with Gasteiger partial charge >= 0.3 is 0 Å². The zero-order valence-corrected chi connectivity index (χ0v) is 16.1. The van der Waals surface area contributed by atoms with E-state index in [1.54, 1.807) is 6.26 Å². The Morgan fingerprint density at radius 2 is 1.81 bits per heavy atom. The van der Waals surface area contributed by atoms with E-state index in [1.807, 2.05) is 6.07 Å². The molecule has 26 heavy (non-hydrogen) atoms. The van der Waals surface area contributed by atoms with Crippen LogP contribution < -0.4 is 4.90 Å². The topological polar surface area (TPSA) is 19.6 Å². The molecule has 0 unspecified atom stereocenters. The number of para-hydroxylation sites is 1. The SMILES string of the molecule is CC1(C)CC=C(c2ccccc2N2CCN(Cc3ccco3)CC2)CC1. The fourth-order valence-corrected chi connectivity index (χ4v) is 4.11. The summed E-state index contributed by atoms with van der Waals surface area (Å²) in [5, 5.41) is 0.